The quantitative estimate of drug-likeness (QED) is 0.446. The first kappa shape index (κ1) is 17.5. The number of aliphatic hydroxyl groups is 5. The summed E-state index contributed by atoms with van der Waals surface area (Å²) < 4.78 is 10.6. The van der Waals surface area contributed by atoms with Crippen molar-refractivity contribution in [2.45, 2.75) is 30.7 Å². The molecule has 0 unspecified atom stereocenters. The maximum atomic E-state index is 11.9. The lowest BCUT2D eigenvalue weighted by atomic mass is 9.93. The average Bonchev–Trinajstić information content (AvgIpc) is 2.60. The zero-order valence-corrected chi connectivity index (χ0v) is 12.8. The number of hydrogen-bond donors (Lipinski definition) is 5. The van der Waals surface area contributed by atoms with E-state index in [0.29, 0.717) is 0 Å². The summed E-state index contributed by atoms with van der Waals surface area (Å²) in [6, 6.07) is 3.84. The Balaban J connectivity index is 1.84. The molecule has 9 nitrogen and oxygen atoms in total. The zero-order chi connectivity index (χ0) is 18.3. The van der Waals surface area contributed by atoms with E-state index in [0.717, 1.165) is 6.08 Å². The van der Waals surface area contributed by atoms with E-state index < -0.39 is 54.6 Å². The molecule has 5 atom stereocenters. The van der Waals surface area contributed by atoms with Gasteiger partial charge in [0.15, 0.2) is 11.5 Å². The molecular formula is C16H16O9. The minimum Gasteiger partial charge on any atom is -0.504 e. The number of fused-ring (bicyclic) bond motifs is 1. The number of hydrogen-bond acceptors (Lipinski definition) is 9. The summed E-state index contributed by atoms with van der Waals surface area (Å²) in [5, 5.41) is 48.0. The van der Waals surface area contributed by atoms with Crippen molar-refractivity contribution >= 4 is 11.6 Å². The molecule has 3 rings (SSSR count). The van der Waals surface area contributed by atoms with Gasteiger partial charge in [-0.1, -0.05) is 0 Å². The summed E-state index contributed by atoms with van der Waals surface area (Å²) in [5.74, 6) is -1.89. The number of allylic oxidation sites excluding steroid dienone is 2. The van der Waals surface area contributed by atoms with Gasteiger partial charge in [-0.3, -0.25) is 9.59 Å². The number of rotatable bonds is 3. The summed E-state index contributed by atoms with van der Waals surface area (Å²) >= 11 is 0. The highest BCUT2D eigenvalue weighted by Gasteiger charge is 2.44. The van der Waals surface area contributed by atoms with Gasteiger partial charge in [-0.2, -0.15) is 0 Å². The molecule has 5 N–H and O–H groups in total. The van der Waals surface area contributed by atoms with Crippen molar-refractivity contribution in [3.63, 3.8) is 0 Å². The largest absolute Gasteiger partial charge is 0.504 e. The summed E-state index contributed by atoms with van der Waals surface area (Å²) in [7, 11) is 0. The lowest BCUT2D eigenvalue weighted by molar-refractivity contribution is -0.277. The zero-order valence-electron chi connectivity index (χ0n) is 12.8. The molecule has 1 aromatic carbocycles. The van der Waals surface area contributed by atoms with Crippen molar-refractivity contribution < 1.29 is 44.6 Å². The Hall–Kier alpha value is -2.30. The van der Waals surface area contributed by atoms with Crippen LogP contribution < -0.4 is 4.74 Å². The van der Waals surface area contributed by atoms with Crippen molar-refractivity contribution in [2.75, 3.05) is 6.61 Å². The molecule has 0 saturated carbocycles. The molecule has 1 aromatic rings. The van der Waals surface area contributed by atoms with Gasteiger partial charge >= 0.3 is 0 Å². The van der Waals surface area contributed by atoms with Gasteiger partial charge < -0.3 is 35.0 Å². The van der Waals surface area contributed by atoms with Crippen LogP contribution in [0.2, 0.25) is 0 Å². The third-order valence-corrected chi connectivity index (χ3v) is 4.10. The SMILES string of the molecule is O=C1C=C(O)C(=O)c2ccc(O[C@H]3O[C@H](CO)[C@@H](O)[C@H](O)[C@H]3O)cc21. The Morgan fingerprint density at radius 3 is 2.44 bits per heavy atom. The van der Waals surface area contributed by atoms with Crippen LogP contribution in [-0.2, 0) is 4.74 Å². The molecule has 1 fully saturated rings. The minimum absolute atomic E-state index is 0.00453. The highest BCUT2D eigenvalue weighted by atomic mass is 16.7. The molecular weight excluding hydrogens is 336 g/mol. The second-order valence-corrected chi connectivity index (χ2v) is 5.75. The first-order chi connectivity index (χ1) is 11.8. The van der Waals surface area contributed by atoms with Crippen LogP contribution in [0.5, 0.6) is 5.75 Å². The van der Waals surface area contributed by atoms with Crippen molar-refractivity contribution in [2.24, 2.45) is 0 Å². The molecule has 1 saturated heterocycles. The molecule has 1 aliphatic heterocycles. The molecule has 0 radical (unpaired) electrons. The van der Waals surface area contributed by atoms with Crippen molar-refractivity contribution in [1.82, 2.24) is 0 Å². The van der Waals surface area contributed by atoms with E-state index in [4.69, 9.17) is 14.6 Å². The van der Waals surface area contributed by atoms with Crippen LogP contribution in [0.1, 0.15) is 20.7 Å². The fraction of sp³-hybridized carbons (Fsp3) is 0.375. The van der Waals surface area contributed by atoms with Gasteiger partial charge in [-0.15, -0.1) is 0 Å². The van der Waals surface area contributed by atoms with Gasteiger partial charge in [0.25, 0.3) is 0 Å². The van der Waals surface area contributed by atoms with E-state index in [1.54, 1.807) is 0 Å². The molecule has 1 heterocycles. The van der Waals surface area contributed by atoms with Crippen molar-refractivity contribution in [3.8, 4) is 5.75 Å². The van der Waals surface area contributed by atoms with E-state index in [2.05, 4.69) is 0 Å². The number of carbonyl (C=O) groups is 2. The van der Waals surface area contributed by atoms with Gasteiger partial charge in [-0.05, 0) is 18.2 Å². The van der Waals surface area contributed by atoms with Crippen LogP contribution in [0.3, 0.4) is 0 Å². The van der Waals surface area contributed by atoms with Crippen LogP contribution in [-0.4, -0.2) is 74.4 Å². The molecule has 25 heavy (non-hydrogen) atoms. The van der Waals surface area contributed by atoms with Gasteiger partial charge in [-0.25, -0.2) is 0 Å². The van der Waals surface area contributed by atoms with Crippen LogP contribution in [0.25, 0.3) is 0 Å². The normalized spacial score (nSPS) is 32.2. The molecule has 0 aromatic heterocycles. The second kappa shape index (κ2) is 6.54. The lowest BCUT2D eigenvalue weighted by Gasteiger charge is -2.39. The summed E-state index contributed by atoms with van der Waals surface area (Å²) in [6.07, 6.45) is -6.47. The molecule has 2 aliphatic rings. The van der Waals surface area contributed by atoms with E-state index in [-0.39, 0.29) is 16.9 Å². The molecule has 0 bridgehead atoms. The minimum atomic E-state index is -1.60. The number of benzene rings is 1. The Morgan fingerprint density at radius 2 is 1.76 bits per heavy atom. The Kier molecular flexibility index (Phi) is 4.58. The molecule has 0 spiro atoms. The standard InChI is InChI=1S/C16H16O9/c17-5-11-13(21)14(22)15(23)16(25-11)24-6-1-2-7-8(3-6)9(18)4-10(19)12(7)20/h1-4,11,13-17,19,21-23H,5H2/t11-,13-,14+,15-,16+/m1/s1. The van der Waals surface area contributed by atoms with Gasteiger partial charge in [0, 0.05) is 17.2 Å². The van der Waals surface area contributed by atoms with E-state index in [1.807, 2.05) is 0 Å². The maximum absolute atomic E-state index is 11.9. The molecule has 1 aliphatic carbocycles. The topological polar surface area (TPSA) is 154 Å². The predicted molar refractivity (Wildman–Crippen MR) is 80.2 cm³/mol. The fourth-order valence-electron chi connectivity index (χ4n) is 2.70. The number of ketones is 2. The van der Waals surface area contributed by atoms with Crippen molar-refractivity contribution in [3.05, 3.63) is 41.2 Å². The van der Waals surface area contributed by atoms with E-state index in [9.17, 15) is 30.0 Å². The Morgan fingerprint density at radius 1 is 1.04 bits per heavy atom. The highest BCUT2D eigenvalue weighted by molar-refractivity contribution is 6.23. The Labute approximate surface area is 141 Å². The number of aliphatic hydroxyl groups excluding tert-OH is 5. The smallest absolute Gasteiger partial charge is 0.229 e. The molecule has 9 heteroatoms. The maximum Gasteiger partial charge on any atom is 0.229 e. The Bertz CT molecular complexity index is 739. The summed E-state index contributed by atoms with van der Waals surface area (Å²) in [5.41, 5.74) is 0.0102. The van der Waals surface area contributed by atoms with Crippen LogP contribution in [0.15, 0.2) is 30.0 Å². The van der Waals surface area contributed by atoms with E-state index >= 15 is 0 Å². The van der Waals surface area contributed by atoms with Crippen molar-refractivity contribution in [1.29, 1.82) is 0 Å². The van der Waals surface area contributed by atoms with E-state index in [1.165, 1.54) is 18.2 Å². The monoisotopic (exact) mass is 352 g/mol. The third-order valence-electron chi connectivity index (χ3n) is 4.10. The molecule has 0 amide bonds. The summed E-state index contributed by atoms with van der Waals surface area (Å²) in [6.45, 7) is -0.605. The number of ether oxygens (including phenoxy) is 2. The number of carbonyl (C=O) groups excluding carboxylic acids is 2. The fourth-order valence-corrected chi connectivity index (χ4v) is 2.70. The first-order valence-corrected chi connectivity index (χ1v) is 7.44. The van der Waals surface area contributed by atoms with Gasteiger partial charge in [0.1, 0.15) is 30.2 Å². The molecule has 134 valence electrons. The summed E-state index contributed by atoms with van der Waals surface area (Å²) in [4.78, 5) is 23.7. The van der Waals surface area contributed by atoms with Crippen LogP contribution >= 0.6 is 0 Å². The van der Waals surface area contributed by atoms with Gasteiger partial charge in [0.2, 0.25) is 12.1 Å². The third kappa shape index (κ3) is 3.03. The first-order valence-electron chi connectivity index (χ1n) is 7.44. The van der Waals surface area contributed by atoms with Crippen LogP contribution in [0.4, 0.5) is 0 Å². The predicted octanol–water partition coefficient (Wildman–Crippen LogP) is -1.31. The lowest BCUT2D eigenvalue weighted by Crippen LogP contribution is -2.60. The average molecular weight is 352 g/mol. The second-order valence-electron chi connectivity index (χ2n) is 5.75. The van der Waals surface area contributed by atoms with Gasteiger partial charge in [0.05, 0.1) is 6.61 Å². The van der Waals surface area contributed by atoms with Crippen LogP contribution in [0, 0.1) is 0 Å². The number of Topliss-reactive ketones (excluding diaryl/α,β-unsaturated/α-hetero) is 1. The highest BCUT2D eigenvalue weighted by Crippen LogP contribution is 2.28.